The van der Waals surface area contributed by atoms with Gasteiger partial charge in [-0.1, -0.05) is 18.6 Å². The minimum absolute atomic E-state index is 0.0302. The average molecular weight is 1000 g/mol. The van der Waals surface area contributed by atoms with Crippen LogP contribution in [0, 0.1) is 25.2 Å². The van der Waals surface area contributed by atoms with E-state index >= 15 is 4.79 Å². The molecule has 10 N–H and O–H groups in total. The van der Waals surface area contributed by atoms with Crippen LogP contribution in [-0.4, -0.2) is 133 Å². The van der Waals surface area contributed by atoms with E-state index in [4.69, 9.17) is 25.7 Å². The van der Waals surface area contributed by atoms with Crippen molar-refractivity contribution in [3.8, 4) is 45.8 Å². The summed E-state index contributed by atoms with van der Waals surface area (Å²) in [4.78, 5) is 94.0. The molecule has 4 bridgehead atoms. The summed E-state index contributed by atoms with van der Waals surface area (Å²) in [5, 5.41) is 31.8. The smallest absolute Gasteiger partial charge is 0.255 e. The second-order valence-electron chi connectivity index (χ2n) is 17.9. The lowest BCUT2D eigenvalue weighted by Crippen LogP contribution is -2.56. The second kappa shape index (κ2) is 26.1. The molecular weight excluding hydrogens is 939 g/mol. The molecule has 1 aliphatic heterocycles. The van der Waals surface area contributed by atoms with Crippen LogP contribution in [0.2, 0.25) is 0 Å². The molecule has 73 heavy (non-hydrogen) atoms. The van der Waals surface area contributed by atoms with E-state index in [1.165, 1.54) is 20.4 Å². The summed E-state index contributed by atoms with van der Waals surface area (Å²) in [5.41, 5.74) is 14.8. The van der Waals surface area contributed by atoms with Gasteiger partial charge < -0.3 is 62.3 Å². The molecule has 388 valence electrons. The molecule has 0 unspecified atom stereocenters. The number of carbonyl (C=O) groups is 6. The van der Waals surface area contributed by atoms with Crippen molar-refractivity contribution in [3.63, 3.8) is 0 Å². The van der Waals surface area contributed by atoms with E-state index in [9.17, 15) is 34.3 Å². The summed E-state index contributed by atoms with van der Waals surface area (Å²) < 4.78 is 18.4. The minimum Gasteiger partial charge on any atom is -0.492 e. The maximum atomic E-state index is 15.0. The Morgan fingerprint density at radius 2 is 1.52 bits per heavy atom. The van der Waals surface area contributed by atoms with Crippen molar-refractivity contribution in [3.05, 3.63) is 88.7 Å². The Morgan fingerprint density at radius 1 is 0.877 bits per heavy atom. The van der Waals surface area contributed by atoms with Crippen LogP contribution >= 0.6 is 0 Å². The molecule has 2 aliphatic rings. The van der Waals surface area contributed by atoms with Gasteiger partial charge in [-0.25, -0.2) is 9.97 Å². The van der Waals surface area contributed by atoms with Crippen molar-refractivity contribution in [2.24, 2.45) is 11.5 Å². The number of benzene rings is 3. The molecule has 4 aromatic rings. The fraction of sp³-hybridized carbons (Fsp3) is 0.442. The van der Waals surface area contributed by atoms with E-state index in [2.05, 4.69) is 36.6 Å². The maximum Gasteiger partial charge on any atom is 0.255 e. The predicted molar refractivity (Wildman–Crippen MR) is 269 cm³/mol. The zero-order valence-electron chi connectivity index (χ0n) is 41.6. The molecule has 3 aromatic carbocycles. The van der Waals surface area contributed by atoms with E-state index < -0.39 is 66.2 Å². The molecule has 21 heteroatoms. The molecule has 6 amide bonds. The minimum atomic E-state index is -1.50. The van der Waals surface area contributed by atoms with Crippen molar-refractivity contribution in [2.45, 2.75) is 96.0 Å². The number of rotatable bonds is 19. The van der Waals surface area contributed by atoms with Crippen molar-refractivity contribution >= 4 is 35.4 Å². The van der Waals surface area contributed by atoms with Gasteiger partial charge in [0.2, 0.25) is 29.5 Å². The Kier molecular flexibility index (Phi) is 19.6. The zero-order valence-corrected chi connectivity index (χ0v) is 41.6. The Bertz CT molecular complexity index is 2650. The number of carbonyl (C=O) groups excluding carboxylic acids is 6. The molecule has 0 spiro atoms. The van der Waals surface area contributed by atoms with Crippen LogP contribution in [0.15, 0.2) is 60.7 Å². The first-order valence-corrected chi connectivity index (χ1v) is 24.4. The van der Waals surface area contributed by atoms with Gasteiger partial charge in [-0.05, 0) is 113 Å². The van der Waals surface area contributed by atoms with Crippen LogP contribution in [0.3, 0.4) is 0 Å². The van der Waals surface area contributed by atoms with Gasteiger partial charge >= 0.3 is 0 Å². The lowest BCUT2D eigenvalue weighted by atomic mass is 9.93. The third-order valence-corrected chi connectivity index (χ3v) is 12.5. The van der Waals surface area contributed by atoms with Crippen molar-refractivity contribution in [1.82, 2.24) is 41.5 Å². The number of amides is 6. The predicted octanol–water partition coefficient (Wildman–Crippen LogP) is 1.80. The third-order valence-electron chi connectivity index (χ3n) is 12.5. The first-order valence-electron chi connectivity index (χ1n) is 24.4. The quantitative estimate of drug-likeness (QED) is 0.0621. The standard InChI is InChI=1S/C52H65N11O10/c1-30-45(31(2)59-47(58-30)34-11-14-37(15-12-34)73-36-8-6-5-7-9-36)50(68)61-40(18-22-56-44(65)29-64)52(70)63(4)46-35-13-17-43(72-25-21-55)39(28-35)38-26-33(10-16-42(38)71-24-20-54)27-41(49(67)57-23-19-53)62-48(66)32(3)60-51(46)69/h10-17,26,28,32,36,40-41,46,64H,5-9,18,20-25,27,29,54-55H2,1-4H3,(H,56,65)(H,57,67)(H,60,69)(H,61,68)(H,62,66)/t32-,40-,41-,46-/m0/s1. The van der Waals surface area contributed by atoms with E-state index in [0.717, 1.165) is 36.3 Å². The molecule has 6 rings (SSSR count). The maximum absolute atomic E-state index is 15.0. The second-order valence-corrected chi connectivity index (χ2v) is 17.9. The van der Waals surface area contributed by atoms with Crippen LogP contribution in [0.4, 0.5) is 0 Å². The van der Waals surface area contributed by atoms with Crippen molar-refractivity contribution in [2.75, 3.05) is 53.0 Å². The first-order chi connectivity index (χ1) is 35.1. The van der Waals surface area contributed by atoms with Gasteiger partial charge in [-0.2, -0.15) is 5.26 Å². The lowest BCUT2D eigenvalue weighted by molar-refractivity contribution is -0.141. The fourth-order valence-corrected chi connectivity index (χ4v) is 8.84. The number of fused-ring (bicyclic) bond motifs is 5. The van der Waals surface area contributed by atoms with Gasteiger partial charge in [-0.15, -0.1) is 0 Å². The monoisotopic (exact) mass is 1000 g/mol. The van der Waals surface area contributed by atoms with E-state index in [0.29, 0.717) is 51.0 Å². The number of likely N-dealkylation sites (N-methyl/N-ethyl adjacent to an activating group) is 1. The normalized spacial score (nSPS) is 17.3. The highest BCUT2D eigenvalue weighted by Crippen LogP contribution is 2.40. The molecule has 21 nitrogen and oxygen atoms in total. The number of aromatic nitrogens is 2. The highest BCUT2D eigenvalue weighted by molar-refractivity contribution is 6.00. The molecule has 0 radical (unpaired) electrons. The van der Waals surface area contributed by atoms with Gasteiger partial charge in [-0.3, -0.25) is 28.8 Å². The van der Waals surface area contributed by atoms with Crippen LogP contribution in [0.25, 0.3) is 22.5 Å². The number of aliphatic hydroxyl groups is 1. The summed E-state index contributed by atoms with van der Waals surface area (Å²) in [6, 6.07) is 13.9. The van der Waals surface area contributed by atoms with Gasteiger partial charge in [0, 0.05) is 49.8 Å². The van der Waals surface area contributed by atoms with Gasteiger partial charge in [0.1, 0.15) is 67.8 Å². The van der Waals surface area contributed by atoms with Gasteiger partial charge in [0.15, 0.2) is 5.82 Å². The molecule has 1 aromatic heterocycles. The number of aryl methyl sites for hydroxylation is 2. The van der Waals surface area contributed by atoms with Crippen LogP contribution in [0.1, 0.15) is 84.4 Å². The Hall–Kier alpha value is -7.67. The highest BCUT2D eigenvalue weighted by Gasteiger charge is 2.37. The van der Waals surface area contributed by atoms with Crippen LogP contribution in [0.5, 0.6) is 17.2 Å². The summed E-state index contributed by atoms with van der Waals surface area (Å²) in [5.74, 6) is -2.61. The largest absolute Gasteiger partial charge is 0.492 e. The highest BCUT2D eigenvalue weighted by atomic mass is 16.5. The van der Waals surface area contributed by atoms with Crippen molar-refractivity contribution < 1.29 is 48.1 Å². The SMILES string of the molecule is Cc1nc(-c2ccc(OC3CCCCC3)cc2)nc(C)c1C(=O)N[C@@H](CCNC(=O)CO)C(=O)N(C)[C@@H]1C(=O)N[C@@H](C)C(=O)N[C@H](C(=O)NCC#N)Cc2ccc(OCCN)c(c2)-c2cc1ccc2OCCN. The zero-order chi connectivity index (χ0) is 52.6. The number of hydrogen-bond donors (Lipinski definition) is 8. The first kappa shape index (κ1) is 54.7. The van der Waals surface area contributed by atoms with E-state index in [1.807, 2.05) is 30.3 Å². The average Bonchev–Trinajstić information content (AvgIpc) is 3.38. The molecule has 1 aliphatic carbocycles. The van der Waals surface area contributed by atoms with E-state index in [-0.39, 0.29) is 69.5 Å². The van der Waals surface area contributed by atoms with E-state index in [1.54, 1.807) is 50.2 Å². The lowest BCUT2D eigenvalue weighted by Gasteiger charge is -2.33. The third kappa shape index (κ3) is 14.3. The Labute approximate surface area is 424 Å². The van der Waals surface area contributed by atoms with Gasteiger partial charge in [0.25, 0.3) is 5.91 Å². The summed E-state index contributed by atoms with van der Waals surface area (Å²) in [6.45, 7) is 3.92. The number of ether oxygens (including phenoxy) is 3. The number of nitrogens with one attached hydrogen (secondary N) is 5. The number of nitriles is 1. The van der Waals surface area contributed by atoms with Crippen molar-refractivity contribution in [1.29, 1.82) is 5.26 Å². The number of nitrogens with two attached hydrogens (primary N) is 2. The molecule has 1 saturated carbocycles. The summed E-state index contributed by atoms with van der Waals surface area (Å²) in [6.07, 6.45) is 5.48. The molecular formula is C52H65N11O10. The molecule has 1 fully saturated rings. The number of nitrogens with zero attached hydrogens (tertiary/aromatic N) is 4. The molecule has 4 atom stereocenters. The summed E-state index contributed by atoms with van der Waals surface area (Å²) >= 11 is 0. The molecule has 0 saturated heterocycles. The molecule has 2 heterocycles. The fourth-order valence-electron chi connectivity index (χ4n) is 8.84. The topological polar surface area (TPSA) is 315 Å². The Balaban J connectivity index is 1.38. The van der Waals surface area contributed by atoms with Crippen LogP contribution < -0.4 is 52.3 Å². The Morgan fingerprint density at radius 3 is 2.15 bits per heavy atom. The number of hydrogen-bond acceptors (Lipinski definition) is 15. The number of aliphatic hydroxyl groups excluding tert-OH is 1. The van der Waals surface area contributed by atoms with Crippen LogP contribution in [-0.2, 0) is 30.4 Å². The summed E-state index contributed by atoms with van der Waals surface area (Å²) in [7, 11) is 1.36. The van der Waals surface area contributed by atoms with Gasteiger partial charge in [0.05, 0.1) is 29.1 Å².